The molecule has 0 aliphatic heterocycles. The van der Waals surface area contributed by atoms with E-state index in [0.717, 1.165) is 16.9 Å². The molecular weight excluding hydrogens is 205 g/mol. The summed E-state index contributed by atoms with van der Waals surface area (Å²) < 4.78 is 18.4. The lowest BCUT2D eigenvalue weighted by atomic mass is 10.0. The lowest BCUT2D eigenvalue weighted by Gasteiger charge is -2.06. The lowest BCUT2D eigenvalue weighted by molar-refractivity contribution is 0.415. The van der Waals surface area contributed by atoms with Gasteiger partial charge in [0.15, 0.2) is 0 Å². The van der Waals surface area contributed by atoms with Crippen LogP contribution in [-0.4, -0.2) is 12.1 Å². The minimum atomic E-state index is -0.284. The number of ether oxygens (including phenoxy) is 1. The van der Waals surface area contributed by atoms with Crippen molar-refractivity contribution in [1.29, 1.82) is 0 Å². The maximum absolute atomic E-state index is 13.3. The number of hydrogen-bond donors (Lipinski definition) is 0. The second-order valence-electron chi connectivity index (χ2n) is 3.52. The minimum Gasteiger partial charge on any atom is -0.497 e. The number of aromatic nitrogens is 1. The number of nitrogens with zero attached hydrogens (tertiary/aromatic N) is 1. The SMILES string of the molecule is COc1ccc(-c2cncc(F)c2C)cc1. The first kappa shape index (κ1) is 10.6. The van der Waals surface area contributed by atoms with Crippen LogP contribution in [0.25, 0.3) is 11.1 Å². The third kappa shape index (κ3) is 1.89. The molecule has 2 rings (SSSR count). The third-order valence-electron chi connectivity index (χ3n) is 2.55. The van der Waals surface area contributed by atoms with E-state index in [-0.39, 0.29) is 5.82 Å². The second-order valence-corrected chi connectivity index (χ2v) is 3.52. The molecule has 0 N–H and O–H groups in total. The highest BCUT2D eigenvalue weighted by Crippen LogP contribution is 2.25. The van der Waals surface area contributed by atoms with Gasteiger partial charge < -0.3 is 4.74 Å². The molecule has 0 fully saturated rings. The Balaban J connectivity index is 2.46. The highest BCUT2D eigenvalue weighted by atomic mass is 19.1. The number of hydrogen-bond acceptors (Lipinski definition) is 2. The van der Waals surface area contributed by atoms with Gasteiger partial charge >= 0.3 is 0 Å². The topological polar surface area (TPSA) is 22.1 Å². The van der Waals surface area contributed by atoms with Crippen molar-refractivity contribution in [1.82, 2.24) is 4.98 Å². The Labute approximate surface area is 93.7 Å². The van der Waals surface area contributed by atoms with E-state index in [1.807, 2.05) is 24.3 Å². The van der Waals surface area contributed by atoms with Crippen LogP contribution in [-0.2, 0) is 0 Å². The highest BCUT2D eigenvalue weighted by molar-refractivity contribution is 5.66. The maximum Gasteiger partial charge on any atom is 0.145 e. The molecule has 0 radical (unpaired) electrons. The number of pyridine rings is 1. The molecule has 1 heterocycles. The van der Waals surface area contributed by atoms with Gasteiger partial charge in [0, 0.05) is 11.8 Å². The summed E-state index contributed by atoms with van der Waals surface area (Å²) in [6.07, 6.45) is 2.89. The fraction of sp³-hybridized carbons (Fsp3) is 0.154. The molecule has 0 unspecified atom stereocenters. The summed E-state index contributed by atoms with van der Waals surface area (Å²) in [5, 5.41) is 0. The molecule has 0 saturated heterocycles. The summed E-state index contributed by atoms with van der Waals surface area (Å²) in [6.45, 7) is 1.75. The quantitative estimate of drug-likeness (QED) is 0.770. The Morgan fingerprint density at radius 1 is 1.12 bits per heavy atom. The van der Waals surface area contributed by atoms with E-state index >= 15 is 0 Å². The van der Waals surface area contributed by atoms with Crippen molar-refractivity contribution in [2.75, 3.05) is 7.11 Å². The summed E-state index contributed by atoms with van der Waals surface area (Å²) in [5.41, 5.74) is 2.35. The predicted molar refractivity (Wildman–Crippen MR) is 60.9 cm³/mol. The molecule has 2 aromatic rings. The Morgan fingerprint density at radius 2 is 1.81 bits per heavy atom. The Morgan fingerprint density at radius 3 is 2.44 bits per heavy atom. The molecule has 0 atom stereocenters. The van der Waals surface area contributed by atoms with Crippen LogP contribution in [0.3, 0.4) is 0 Å². The van der Waals surface area contributed by atoms with Gasteiger partial charge in [-0.2, -0.15) is 0 Å². The van der Waals surface area contributed by atoms with Gasteiger partial charge in [-0.15, -0.1) is 0 Å². The minimum absolute atomic E-state index is 0.284. The first-order chi connectivity index (χ1) is 7.72. The molecule has 0 saturated carbocycles. The van der Waals surface area contributed by atoms with E-state index in [9.17, 15) is 4.39 Å². The van der Waals surface area contributed by atoms with Crippen LogP contribution in [0.15, 0.2) is 36.7 Å². The first-order valence-corrected chi connectivity index (χ1v) is 4.97. The van der Waals surface area contributed by atoms with Gasteiger partial charge in [-0.3, -0.25) is 4.98 Å². The van der Waals surface area contributed by atoms with Gasteiger partial charge in [-0.1, -0.05) is 12.1 Å². The van der Waals surface area contributed by atoms with E-state index in [1.54, 1.807) is 20.2 Å². The van der Waals surface area contributed by atoms with Crippen LogP contribution in [0.1, 0.15) is 5.56 Å². The fourth-order valence-electron chi connectivity index (χ4n) is 1.56. The lowest BCUT2D eigenvalue weighted by Crippen LogP contribution is -1.90. The third-order valence-corrected chi connectivity index (χ3v) is 2.55. The smallest absolute Gasteiger partial charge is 0.145 e. The number of halogens is 1. The van der Waals surface area contributed by atoms with E-state index in [0.29, 0.717) is 5.56 Å². The zero-order valence-corrected chi connectivity index (χ0v) is 9.20. The average Bonchev–Trinajstić information content (AvgIpc) is 2.33. The molecule has 0 bridgehead atoms. The Hall–Kier alpha value is -1.90. The van der Waals surface area contributed by atoms with Crippen molar-refractivity contribution in [3.63, 3.8) is 0 Å². The number of benzene rings is 1. The van der Waals surface area contributed by atoms with Gasteiger partial charge in [-0.25, -0.2) is 4.39 Å². The molecule has 2 nitrogen and oxygen atoms in total. The molecular formula is C13H12FNO. The van der Waals surface area contributed by atoms with Crippen LogP contribution in [0.5, 0.6) is 5.75 Å². The normalized spacial score (nSPS) is 10.2. The molecule has 1 aromatic heterocycles. The van der Waals surface area contributed by atoms with Crippen LogP contribution >= 0.6 is 0 Å². The van der Waals surface area contributed by atoms with E-state index in [4.69, 9.17) is 4.74 Å². The van der Waals surface area contributed by atoms with E-state index in [2.05, 4.69) is 4.98 Å². The highest BCUT2D eigenvalue weighted by Gasteiger charge is 2.06. The van der Waals surface area contributed by atoms with Crippen molar-refractivity contribution in [2.45, 2.75) is 6.92 Å². The second kappa shape index (κ2) is 4.31. The number of methoxy groups -OCH3 is 1. The molecule has 0 aliphatic carbocycles. The van der Waals surface area contributed by atoms with Crippen LogP contribution in [0.2, 0.25) is 0 Å². The summed E-state index contributed by atoms with van der Waals surface area (Å²) in [7, 11) is 1.62. The zero-order valence-electron chi connectivity index (χ0n) is 9.20. The molecule has 0 aliphatic rings. The summed E-state index contributed by atoms with van der Waals surface area (Å²) >= 11 is 0. The molecule has 3 heteroatoms. The molecule has 1 aromatic carbocycles. The van der Waals surface area contributed by atoms with Crippen LogP contribution in [0, 0.1) is 12.7 Å². The molecule has 82 valence electrons. The van der Waals surface area contributed by atoms with Crippen molar-refractivity contribution >= 4 is 0 Å². The van der Waals surface area contributed by atoms with Gasteiger partial charge in [0.1, 0.15) is 11.6 Å². The summed E-state index contributed by atoms with van der Waals surface area (Å²) in [6, 6.07) is 7.48. The Bertz CT molecular complexity index is 494. The van der Waals surface area contributed by atoms with E-state index in [1.165, 1.54) is 6.20 Å². The van der Waals surface area contributed by atoms with Gasteiger partial charge in [0.2, 0.25) is 0 Å². The van der Waals surface area contributed by atoms with Crippen molar-refractivity contribution in [3.8, 4) is 16.9 Å². The number of rotatable bonds is 2. The van der Waals surface area contributed by atoms with Crippen molar-refractivity contribution < 1.29 is 9.13 Å². The van der Waals surface area contributed by atoms with Crippen LogP contribution < -0.4 is 4.74 Å². The largest absolute Gasteiger partial charge is 0.497 e. The Kier molecular flexibility index (Phi) is 2.86. The van der Waals surface area contributed by atoms with Crippen molar-refractivity contribution in [2.24, 2.45) is 0 Å². The summed E-state index contributed by atoms with van der Waals surface area (Å²) in [4.78, 5) is 3.86. The molecule has 0 amide bonds. The predicted octanol–water partition coefficient (Wildman–Crippen LogP) is 3.20. The maximum atomic E-state index is 13.3. The molecule has 16 heavy (non-hydrogen) atoms. The zero-order chi connectivity index (χ0) is 11.5. The van der Waals surface area contributed by atoms with Gasteiger partial charge in [0.25, 0.3) is 0 Å². The average molecular weight is 217 g/mol. The molecule has 0 spiro atoms. The van der Waals surface area contributed by atoms with Crippen molar-refractivity contribution in [3.05, 3.63) is 48.0 Å². The van der Waals surface area contributed by atoms with Gasteiger partial charge in [-0.05, 0) is 30.2 Å². The van der Waals surface area contributed by atoms with Crippen LogP contribution in [0.4, 0.5) is 4.39 Å². The first-order valence-electron chi connectivity index (χ1n) is 4.97. The fourth-order valence-corrected chi connectivity index (χ4v) is 1.56. The van der Waals surface area contributed by atoms with E-state index < -0.39 is 0 Å². The monoisotopic (exact) mass is 217 g/mol. The van der Waals surface area contributed by atoms with Gasteiger partial charge in [0.05, 0.1) is 13.3 Å². The summed E-state index contributed by atoms with van der Waals surface area (Å²) in [5.74, 6) is 0.499. The standard InChI is InChI=1S/C13H12FNO/c1-9-12(7-15-8-13(9)14)10-3-5-11(16-2)6-4-10/h3-8H,1-2H3.